The molecule has 1 heterocycles. The van der Waals surface area contributed by atoms with E-state index in [0.717, 1.165) is 22.4 Å². The lowest BCUT2D eigenvalue weighted by atomic mass is 9.96. The Kier molecular flexibility index (Phi) is 8.17. The van der Waals surface area contributed by atoms with E-state index in [4.69, 9.17) is 26.1 Å². The van der Waals surface area contributed by atoms with Gasteiger partial charge in [0.2, 0.25) is 0 Å². The Labute approximate surface area is 242 Å². The highest BCUT2D eigenvalue weighted by molar-refractivity contribution is 6.30. The van der Waals surface area contributed by atoms with E-state index in [-0.39, 0.29) is 23.9 Å². The van der Waals surface area contributed by atoms with Crippen LogP contribution in [0.25, 0.3) is 22.3 Å². The van der Waals surface area contributed by atoms with E-state index >= 15 is 0 Å². The summed E-state index contributed by atoms with van der Waals surface area (Å²) >= 11 is 6.31. The normalized spacial score (nSPS) is 11.5. The number of hydrogen-bond donors (Lipinski definition) is 0. The van der Waals surface area contributed by atoms with Crippen molar-refractivity contribution < 1.29 is 13.9 Å². The van der Waals surface area contributed by atoms with Gasteiger partial charge in [-0.2, -0.15) is 9.78 Å². The van der Waals surface area contributed by atoms with Gasteiger partial charge >= 0.3 is 0 Å². The third-order valence-corrected chi connectivity index (χ3v) is 7.00. The van der Waals surface area contributed by atoms with Crippen LogP contribution >= 0.6 is 11.6 Å². The fourth-order valence-corrected chi connectivity index (χ4v) is 4.81. The number of benzene rings is 4. The molecule has 0 fully saturated rings. The highest BCUT2D eigenvalue weighted by atomic mass is 35.5. The smallest absolute Gasteiger partial charge is 0.282 e. The number of para-hydroxylation sites is 1. The van der Waals surface area contributed by atoms with Gasteiger partial charge in [-0.1, -0.05) is 49.7 Å². The lowest BCUT2D eigenvalue weighted by Crippen LogP contribution is -2.21. The second-order valence-electron chi connectivity index (χ2n) is 9.98. The average Bonchev–Trinajstić information content (AvgIpc) is 2.96. The van der Waals surface area contributed by atoms with E-state index < -0.39 is 0 Å². The van der Waals surface area contributed by atoms with Crippen molar-refractivity contribution in [2.75, 3.05) is 7.11 Å². The van der Waals surface area contributed by atoms with Gasteiger partial charge in [0, 0.05) is 16.1 Å². The van der Waals surface area contributed by atoms with E-state index in [1.54, 1.807) is 49.6 Å². The number of hydrogen-bond acceptors (Lipinski definition) is 5. The first-order chi connectivity index (χ1) is 19.7. The van der Waals surface area contributed by atoms with Crippen molar-refractivity contribution in [3.8, 4) is 22.9 Å². The number of aromatic nitrogens is 2. The van der Waals surface area contributed by atoms with Crippen LogP contribution in [0.5, 0.6) is 11.5 Å². The van der Waals surface area contributed by atoms with Crippen LogP contribution in [-0.2, 0) is 6.61 Å². The van der Waals surface area contributed by atoms with Crippen LogP contribution in [0.4, 0.5) is 4.39 Å². The maximum absolute atomic E-state index is 13.8. The summed E-state index contributed by atoms with van der Waals surface area (Å²) in [4.78, 5) is 18.7. The second kappa shape index (κ2) is 11.9. The van der Waals surface area contributed by atoms with Crippen molar-refractivity contribution in [1.82, 2.24) is 9.66 Å². The second-order valence-corrected chi connectivity index (χ2v) is 10.4. The molecule has 0 aliphatic carbocycles. The summed E-state index contributed by atoms with van der Waals surface area (Å²) in [7, 11) is 1.65. The Balaban J connectivity index is 1.63. The number of aryl methyl sites for hydroxylation is 1. The summed E-state index contributed by atoms with van der Waals surface area (Å²) in [5.74, 6) is 1.50. The maximum atomic E-state index is 13.8. The van der Waals surface area contributed by atoms with Gasteiger partial charge in [0.1, 0.15) is 23.9 Å². The molecule has 6 nitrogen and oxygen atoms in total. The molecule has 41 heavy (non-hydrogen) atoms. The van der Waals surface area contributed by atoms with Gasteiger partial charge < -0.3 is 9.47 Å². The molecule has 0 amide bonds. The van der Waals surface area contributed by atoms with Crippen LogP contribution in [-0.4, -0.2) is 23.0 Å². The van der Waals surface area contributed by atoms with Crippen LogP contribution in [0, 0.1) is 12.7 Å². The lowest BCUT2D eigenvalue weighted by molar-refractivity contribution is 0.305. The van der Waals surface area contributed by atoms with Gasteiger partial charge in [0.25, 0.3) is 5.56 Å². The number of ether oxygens (including phenoxy) is 2. The SMILES string of the molecule is COc1cc(C)c(-c2nc3ccccc3c(=O)n2N=Cc2cc(Cl)ccc2OCc2cccc(F)c2)cc1C(C)C. The Bertz CT molecular complexity index is 1830. The van der Waals surface area contributed by atoms with Gasteiger partial charge in [-0.25, -0.2) is 9.37 Å². The summed E-state index contributed by atoms with van der Waals surface area (Å²) in [6.45, 7) is 6.26. The fourth-order valence-electron chi connectivity index (χ4n) is 4.63. The maximum Gasteiger partial charge on any atom is 0.282 e. The van der Waals surface area contributed by atoms with E-state index in [2.05, 4.69) is 18.9 Å². The lowest BCUT2D eigenvalue weighted by Gasteiger charge is -2.17. The zero-order valence-corrected chi connectivity index (χ0v) is 23.9. The molecule has 0 radical (unpaired) electrons. The molecule has 0 bridgehead atoms. The molecule has 1 aromatic heterocycles. The first-order valence-electron chi connectivity index (χ1n) is 13.2. The average molecular weight is 570 g/mol. The molecule has 208 valence electrons. The Morgan fingerprint density at radius 3 is 2.59 bits per heavy atom. The molecular weight excluding hydrogens is 541 g/mol. The van der Waals surface area contributed by atoms with Gasteiger partial charge in [0.05, 0.1) is 24.2 Å². The zero-order valence-electron chi connectivity index (χ0n) is 23.2. The number of halogens is 2. The monoisotopic (exact) mass is 569 g/mol. The van der Waals surface area contributed by atoms with Crippen molar-refractivity contribution in [2.45, 2.75) is 33.3 Å². The van der Waals surface area contributed by atoms with Crippen molar-refractivity contribution in [3.05, 3.63) is 122 Å². The van der Waals surface area contributed by atoms with Gasteiger partial charge in [-0.3, -0.25) is 4.79 Å². The third kappa shape index (κ3) is 6.00. The van der Waals surface area contributed by atoms with Gasteiger partial charge in [-0.15, -0.1) is 0 Å². The number of rotatable bonds is 8. The summed E-state index contributed by atoms with van der Waals surface area (Å²) < 4.78 is 26.6. The Morgan fingerprint density at radius 1 is 1.02 bits per heavy atom. The minimum Gasteiger partial charge on any atom is -0.496 e. The molecule has 0 saturated heterocycles. The number of fused-ring (bicyclic) bond motifs is 1. The predicted molar refractivity (Wildman–Crippen MR) is 162 cm³/mol. The first-order valence-corrected chi connectivity index (χ1v) is 13.5. The first kappa shape index (κ1) is 28.1. The summed E-state index contributed by atoms with van der Waals surface area (Å²) in [5.41, 5.74) is 4.14. The fraction of sp³-hybridized carbons (Fsp3) is 0.182. The minimum absolute atomic E-state index is 0.145. The minimum atomic E-state index is -0.339. The van der Waals surface area contributed by atoms with Crippen LogP contribution in [0.2, 0.25) is 5.02 Å². The molecule has 0 saturated carbocycles. The molecule has 4 aromatic carbocycles. The molecule has 8 heteroatoms. The zero-order chi connectivity index (χ0) is 29.1. The topological polar surface area (TPSA) is 65.7 Å². The number of nitrogens with zero attached hydrogens (tertiary/aromatic N) is 3. The van der Waals surface area contributed by atoms with Gasteiger partial charge in [-0.05, 0) is 84.1 Å². The molecular formula is C33H29ClFN3O3. The van der Waals surface area contributed by atoms with E-state index in [9.17, 15) is 9.18 Å². The van der Waals surface area contributed by atoms with Crippen LogP contribution in [0.15, 0.2) is 88.8 Å². The third-order valence-electron chi connectivity index (χ3n) is 6.76. The molecule has 0 spiro atoms. The predicted octanol–water partition coefficient (Wildman–Crippen LogP) is 7.76. The molecule has 0 aliphatic heterocycles. The highest BCUT2D eigenvalue weighted by Gasteiger charge is 2.18. The van der Waals surface area contributed by atoms with E-state index in [0.29, 0.717) is 38.6 Å². The van der Waals surface area contributed by atoms with Crippen molar-refractivity contribution in [3.63, 3.8) is 0 Å². The molecule has 0 atom stereocenters. The molecule has 5 rings (SSSR count). The van der Waals surface area contributed by atoms with E-state index in [1.165, 1.54) is 23.0 Å². The molecule has 0 unspecified atom stereocenters. The number of methoxy groups -OCH3 is 1. The largest absolute Gasteiger partial charge is 0.496 e. The highest BCUT2D eigenvalue weighted by Crippen LogP contribution is 2.34. The summed E-state index contributed by atoms with van der Waals surface area (Å²) in [5, 5.41) is 5.53. The van der Waals surface area contributed by atoms with Crippen LogP contribution in [0.3, 0.4) is 0 Å². The van der Waals surface area contributed by atoms with Crippen molar-refractivity contribution in [1.29, 1.82) is 0 Å². The molecule has 0 aliphatic rings. The summed E-state index contributed by atoms with van der Waals surface area (Å²) in [6, 6.07) is 22.5. The van der Waals surface area contributed by atoms with Gasteiger partial charge in [0.15, 0.2) is 5.82 Å². The van der Waals surface area contributed by atoms with Crippen molar-refractivity contribution >= 4 is 28.7 Å². The summed E-state index contributed by atoms with van der Waals surface area (Å²) in [6.07, 6.45) is 1.52. The Morgan fingerprint density at radius 2 is 1.83 bits per heavy atom. The molecule has 0 N–H and O–H groups in total. The quantitative estimate of drug-likeness (QED) is 0.179. The Hall–Kier alpha value is -4.49. The van der Waals surface area contributed by atoms with Crippen LogP contribution < -0.4 is 15.0 Å². The molecule has 5 aromatic rings. The van der Waals surface area contributed by atoms with E-state index in [1.807, 2.05) is 31.2 Å². The van der Waals surface area contributed by atoms with Crippen molar-refractivity contribution in [2.24, 2.45) is 5.10 Å². The van der Waals surface area contributed by atoms with Crippen LogP contribution in [0.1, 0.15) is 42.0 Å². The standard InChI is InChI=1S/C33H29ClFN3O3/c1-20(2)27-17-28(21(3)14-31(27)40-4)32-37-29-11-6-5-10-26(29)33(39)38(32)36-18-23-16-24(34)12-13-30(23)41-19-22-8-7-9-25(35)15-22/h5-18,20H,19H2,1-4H3.